The average molecular weight is 504 g/mol. The van der Waals surface area contributed by atoms with Crippen molar-refractivity contribution in [2.45, 2.75) is 45.1 Å². The largest absolute Gasteiger partial charge is 0.497 e. The molecule has 37 heavy (non-hydrogen) atoms. The highest BCUT2D eigenvalue weighted by Gasteiger charge is 2.10. The van der Waals surface area contributed by atoms with Gasteiger partial charge in [-0.2, -0.15) is 0 Å². The van der Waals surface area contributed by atoms with Crippen LogP contribution in [0.5, 0.6) is 11.5 Å². The van der Waals surface area contributed by atoms with E-state index in [1.165, 1.54) is 29.8 Å². The summed E-state index contributed by atoms with van der Waals surface area (Å²) in [5.41, 5.74) is 2.67. The number of hydrogen-bond acceptors (Lipinski definition) is 4. The van der Waals surface area contributed by atoms with Crippen molar-refractivity contribution in [3.8, 4) is 11.5 Å². The molecular weight excluding hydrogens is 469 g/mol. The number of imidazole rings is 1. The average Bonchev–Trinajstić information content (AvgIpc) is 3.28. The van der Waals surface area contributed by atoms with Gasteiger partial charge in [-0.25, -0.2) is 9.37 Å². The molecule has 0 unspecified atom stereocenters. The van der Waals surface area contributed by atoms with E-state index in [2.05, 4.69) is 28.1 Å². The number of aromatic nitrogens is 2. The van der Waals surface area contributed by atoms with E-state index in [1.807, 2.05) is 30.3 Å². The van der Waals surface area contributed by atoms with Gasteiger partial charge in [-0.15, -0.1) is 0 Å². The quantitative estimate of drug-likeness (QED) is 0.209. The van der Waals surface area contributed by atoms with Crippen LogP contribution in [0, 0.1) is 5.82 Å². The van der Waals surface area contributed by atoms with E-state index in [-0.39, 0.29) is 11.7 Å². The Hall–Kier alpha value is -3.87. The second-order valence-electron chi connectivity index (χ2n) is 8.97. The van der Waals surface area contributed by atoms with Gasteiger partial charge in [-0.05, 0) is 86.3 Å². The Balaban J connectivity index is 1.20. The Morgan fingerprint density at radius 1 is 0.892 bits per heavy atom. The van der Waals surface area contributed by atoms with Gasteiger partial charge >= 0.3 is 0 Å². The lowest BCUT2D eigenvalue weighted by Gasteiger charge is -2.11. The van der Waals surface area contributed by atoms with Crippen molar-refractivity contribution >= 4 is 16.9 Å². The molecule has 4 aromatic rings. The first-order valence-corrected chi connectivity index (χ1v) is 12.9. The molecule has 4 rings (SSSR count). The number of ether oxygens (including phenoxy) is 2. The summed E-state index contributed by atoms with van der Waals surface area (Å²) in [5, 5.41) is 2.91. The molecule has 3 aromatic carbocycles. The maximum Gasteiger partial charge on any atom is 0.251 e. The number of para-hydroxylation sites is 2. The van der Waals surface area contributed by atoms with Crippen molar-refractivity contribution in [1.29, 1.82) is 0 Å². The van der Waals surface area contributed by atoms with Gasteiger partial charge in [0.1, 0.15) is 23.1 Å². The highest BCUT2D eigenvalue weighted by atomic mass is 19.1. The lowest BCUT2D eigenvalue weighted by molar-refractivity contribution is 0.0953. The fourth-order valence-electron chi connectivity index (χ4n) is 4.29. The standard InChI is InChI=1S/C30H34FN3O3/c1-36-25-16-18-26(19-17-25)37-22-8-7-21-34-28-10-5-4-9-27(28)33-29(34)11-3-2-6-20-32-30(35)23-12-14-24(31)15-13-23/h4-5,9-10,12-19H,2-3,6-8,11,20-22H2,1H3,(H,32,35). The SMILES string of the molecule is COc1ccc(OCCCCn2c(CCCCCNC(=O)c3ccc(F)cc3)nc3ccccc32)cc1. The number of unbranched alkanes of at least 4 members (excludes halogenated alkanes) is 3. The number of methoxy groups -OCH3 is 1. The predicted molar refractivity (Wildman–Crippen MR) is 144 cm³/mol. The van der Waals surface area contributed by atoms with Crippen LogP contribution in [0.3, 0.4) is 0 Å². The van der Waals surface area contributed by atoms with E-state index in [9.17, 15) is 9.18 Å². The summed E-state index contributed by atoms with van der Waals surface area (Å²) in [7, 11) is 1.65. The summed E-state index contributed by atoms with van der Waals surface area (Å²) in [5.74, 6) is 2.26. The number of aryl methyl sites for hydroxylation is 2. The van der Waals surface area contributed by atoms with E-state index >= 15 is 0 Å². The number of amides is 1. The summed E-state index contributed by atoms with van der Waals surface area (Å²) in [6.45, 7) is 2.16. The third-order valence-electron chi connectivity index (χ3n) is 6.31. The number of benzene rings is 3. The second-order valence-corrected chi connectivity index (χ2v) is 8.97. The monoisotopic (exact) mass is 503 g/mol. The molecule has 7 heteroatoms. The van der Waals surface area contributed by atoms with Crippen LogP contribution in [0.25, 0.3) is 11.0 Å². The van der Waals surface area contributed by atoms with Crippen LogP contribution >= 0.6 is 0 Å². The number of nitrogens with one attached hydrogen (secondary N) is 1. The summed E-state index contributed by atoms with van der Waals surface area (Å²) >= 11 is 0. The molecule has 0 bridgehead atoms. The van der Waals surface area contributed by atoms with E-state index in [1.54, 1.807) is 7.11 Å². The zero-order valence-electron chi connectivity index (χ0n) is 21.3. The van der Waals surface area contributed by atoms with Gasteiger partial charge in [0, 0.05) is 25.1 Å². The van der Waals surface area contributed by atoms with Crippen molar-refractivity contribution in [3.63, 3.8) is 0 Å². The minimum atomic E-state index is -0.343. The van der Waals surface area contributed by atoms with Gasteiger partial charge in [-0.3, -0.25) is 4.79 Å². The third-order valence-corrected chi connectivity index (χ3v) is 6.31. The van der Waals surface area contributed by atoms with E-state index in [0.29, 0.717) is 18.7 Å². The Kier molecular flexibility index (Phi) is 9.52. The highest BCUT2D eigenvalue weighted by molar-refractivity contribution is 5.94. The van der Waals surface area contributed by atoms with Gasteiger partial charge in [-0.1, -0.05) is 18.6 Å². The predicted octanol–water partition coefficient (Wildman–Crippen LogP) is 6.19. The first-order chi connectivity index (χ1) is 18.1. The van der Waals surface area contributed by atoms with Gasteiger partial charge in [0.25, 0.3) is 5.91 Å². The van der Waals surface area contributed by atoms with Crippen molar-refractivity contribution in [3.05, 3.63) is 90.0 Å². The Bertz CT molecular complexity index is 1270. The lowest BCUT2D eigenvalue weighted by Crippen LogP contribution is -2.24. The Labute approximate surface area is 217 Å². The van der Waals surface area contributed by atoms with Gasteiger partial charge in [0.15, 0.2) is 0 Å². The van der Waals surface area contributed by atoms with Crippen LogP contribution in [0.15, 0.2) is 72.8 Å². The van der Waals surface area contributed by atoms with Crippen molar-refractivity contribution in [1.82, 2.24) is 14.9 Å². The smallest absolute Gasteiger partial charge is 0.251 e. The Morgan fingerprint density at radius 2 is 1.65 bits per heavy atom. The molecule has 0 aliphatic carbocycles. The minimum Gasteiger partial charge on any atom is -0.497 e. The zero-order chi connectivity index (χ0) is 25.9. The maximum atomic E-state index is 13.0. The molecule has 1 heterocycles. The van der Waals surface area contributed by atoms with Crippen molar-refractivity contribution in [2.24, 2.45) is 0 Å². The Morgan fingerprint density at radius 3 is 2.43 bits per heavy atom. The fourth-order valence-corrected chi connectivity index (χ4v) is 4.29. The van der Waals surface area contributed by atoms with Crippen LogP contribution in [0.4, 0.5) is 4.39 Å². The minimum absolute atomic E-state index is 0.169. The van der Waals surface area contributed by atoms with Crippen LogP contribution in [0.1, 0.15) is 48.3 Å². The number of halogens is 1. The molecule has 0 aliphatic rings. The number of hydrogen-bond donors (Lipinski definition) is 1. The first kappa shape index (κ1) is 26.2. The molecule has 0 fully saturated rings. The fraction of sp³-hybridized carbons (Fsp3) is 0.333. The molecule has 194 valence electrons. The molecule has 0 atom stereocenters. The van der Waals surface area contributed by atoms with Gasteiger partial charge < -0.3 is 19.4 Å². The number of nitrogens with zero attached hydrogens (tertiary/aromatic N) is 2. The molecule has 0 radical (unpaired) electrons. The number of carbonyl (C=O) groups is 1. The molecule has 1 aromatic heterocycles. The van der Waals surface area contributed by atoms with Crippen molar-refractivity contribution < 1.29 is 18.7 Å². The normalized spacial score (nSPS) is 11.0. The molecule has 0 saturated heterocycles. The molecule has 0 aliphatic heterocycles. The number of rotatable bonds is 14. The first-order valence-electron chi connectivity index (χ1n) is 12.9. The number of fused-ring (bicyclic) bond motifs is 1. The van der Waals surface area contributed by atoms with Crippen LogP contribution in [-0.2, 0) is 13.0 Å². The zero-order valence-corrected chi connectivity index (χ0v) is 21.3. The van der Waals surface area contributed by atoms with Crippen LogP contribution in [-0.4, -0.2) is 35.7 Å². The molecule has 1 N–H and O–H groups in total. The van der Waals surface area contributed by atoms with Crippen molar-refractivity contribution in [2.75, 3.05) is 20.3 Å². The summed E-state index contributed by atoms with van der Waals surface area (Å²) in [6, 6.07) is 21.5. The molecule has 0 spiro atoms. The summed E-state index contributed by atoms with van der Waals surface area (Å²) in [4.78, 5) is 17.0. The van der Waals surface area contributed by atoms with Crippen LogP contribution < -0.4 is 14.8 Å². The summed E-state index contributed by atoms with van der Waals surface area (Å²) < 4.78 is 26.4. The maximum absolute atomic E-state index is 13.0. The number of carbonyl (C=O) groups excluding carboxylic acids is 1. The second kappa shape index (κ2) is 13.4. The lowest BCUT2D eigenvalue weighted by atomic mass is 10.1. The summed E-state index contributed by atoms with van der Waals surface area (Å²) in [6.07, 6.45) is 5.71. The van der Waals surface area contributed by atoms with E-state index < -0.39 is 0 Å². The van der Waals surface area contributed by atoms with E-state index in [4.69, 9.17) is 14.5 Å². The topological polar surface area (TPSA) is 65.4 Å². The van der Waals surface area contributed by atoms with Crippen LogP contribution in [0.2, 0.25) is 0 Å². The van der Waals surface area contributed by atoms with Gasteiger partial charge in [0.05, 0.1) is 24.8 Å². The third kappa shape index (κ3) is 7.56. The van der Waals surface area contributed by atoms with Gasteiger partial charge in [0.2, 0.25) is 0 Å². The molecule has 6 nitrogen and oxygen atoms in total. The van der Waals surface area contributed by atoms with E-state index in [0.717, 1.165) is 67.9 Å². The molecule has 1 amide bonds. The molecule has 0 saturated carbocycles. The highest BCUT2D eigenvalue weighted by Crippen LogP contribution is 2.20. The molecular formula is C30H34FN3O3.